The summed E-state index contributed by atoms with van der Waals surface area (Å²) in [5.41, 5.74) is 10.4. The second-order valence-electron chi connectivity index (χ2n) is 6.57. The molecule has 10 N–H and O–H groups in total. The van der Waals surface area contributed by atoms with Gasteiger partial charge in [0.15, 0.2) is 0 Å². The minimum atomic E-state index is -1.70. The predicted molar refractivity (Wildman–Crippen MR) is 108 cm³/mol. The molecule has 0 rings (SSSR count). The van der Waals surface area contributed by atoms with Crippen molar-refractivity contribution in [2.75, 3.05) is 5.75 Å². The van der Waals surface area contributed by atoms with E-state index in [1.54, 1.807) is 0 Å². The van der Waals surface area contributed by atoms with E-state index in [1.165, 1.54) is 6.92 Å². The smallest absolute Gasteiger partial charge is 0.326 e. The van der Waals surface area contributed by atoms with Crippen LogP contribution in [0.1, 0.15) is 26.2 Å². The number of carboxylic acids is 2. The van der Waals surface area contributed by atoms with Gasteiger partial charge in [0.25, 0.3) is 0 Å². The van der Waals surface area contributed by atoms with Crippen molar-refractivity contribution in [2.45, 2.75) is 56.5 Å². The van der Waals surface area contributed by atoms with E-state index < -0.39 is 85.1 Å². The topological polar surface area (TPSA) is 251 Å². The summed E-state index contributed by atoms with van der Waals surface area (Å²) >= 11 is 3.93. The molecule has 31 heavy (non-hydrogen) atoms. The number of carboxylic acid groups (broad SMARTS) is 2. The summed E-state index contributed by atoms with van der Waals surface area (Å²) in [7, 11) is 0. The fourth-order valence-electron chi connectivity index (χ4n) is 2.16. The lowest BCUT2D eigenvalue weighted by molar-refractivity contribution is -0.144. The molecule has 176 valence electrons. The molecule has 0 heterocycles. The van der Waals surface area contributed by atoms with Crippen molar-refractivity contribution >= 4 is 48.2 Å². The Bertz CT molecular complexity index is 703. The van der Waals surface area contributed by atoms with Crippen molar-refractivity contribution in [3.05, 3.63) is 0 Å². The standard InChI is InChI=1S/C16H27N5O9S/c1-6(22)12(18)15(28)21-9(5-31)14(27)19-7(2-3-11(24)25)13(26)20-8(16(29)30)4-10(17)23/h6-9,12,22,31H,2-5,18H2,1H3,(H2,17,23)(H,19,27)(H,20,26)(H,21,28)(H,24,25)(H,29,30). The van der Waals surface area contributed by atoms with Gasteiger partial charge in [-0.1, -0.05) is 0 Å². The van der Waals surface area contributed by atoms with E-state index >= 15 is 0 Å². The Hall–Kier alpha value is -2.91. The van der Waals surface area contributed by atoms with Gasteiger partial charge in [0.2, 0.25) is 23.6 Å². The molecule has 0 aromatic carbocycles. The van der Waals surface area contributed by atoms with Crippen LogP contribution in [0.3, 0.4) is 0 Å². The van der Waals surface area contributed by atoms with Gasteiger partial charge < -0.3 is 42.7 Å². The zero-order valence-electron chi connectivity index (χ0n) is 16.6. The van der Waals surface area contributed by atoms with Crippen molar-refractivity contribution < 1.29 is 44.1 Å². The van der Waals surface area contributed by atoms with Crippen LogP contribution in [0.25, 0.3) is 0 Å². The Labute approximate surface area is 182 Å². The maximum atomic E-state index is 12.5. The van der Waals surface area contributed by atoms with Gasteiger partial charge in [-0.3, -0.25) is 24.0 Å². The van der Waals surface area contributed by atoms with E-state index in [4.69, 9.17) is 21.7 Å². The number of aliphatic hydroxyl groups is 1. The highest BCUT2D eigenvalue weighted by molar-refractivity contribution is 7.80. The largest absolute Gasteiger partial charge is 0.481 e. The third kappa shape index (κ3) is 10.6. The molecule has 4 amide bonds. The van der Waals surface area contributed by atoms with Crippen LogP contribution in [0.4, 0.5) is 0 Å². The second kappa shape index (κ2) is 13.4. The lowest BCUT2D eigenvalue weighted by Crippen LogP contribution is -2.58. The first kappa shape index (κ1) is 28.1. The van der Waals surface area contributed by atoms with Gasteiger partial charge in [-0.25, -0.2) is 4.79 Å². The first-order chi connectivity index (χ1) is 14.3. The summed E-state index contributed by atoms with van der Waals surface area (Å²) in [6.07, 6.45) is -2.92. The van der Waals surface area contributed by atoms with Crippen LogP contribution in [0, 0.1) is 0 Å². The summed E-state index contributed by atoms with van der Waals surface area (Å²) in [6, 6.07) is -5.85. The number of aliphatic carboxylic acids is 2. The third-order valence-electron chi connectivity index (χ3n) is 3.94. The van der Waals surface area contributed by atoms with Crippen LogP contribution in [-0.2, 0) is 28.8 Å². The Kier molecular flexibility index (Phi) is 12.1. The second-order valence-corrected chi connectivity index (χ2v) is 6.94. The Balaban J connectivity index is 5.38. The monoisotopic (exact) mass is 465 g/mol. The zero-order chi connectivity index (χ0) is 24.3. The number of aliphatic hydroxyl groups excluding tert-OH is 1. The maximum absolute atomic E-state index is 12.5. The van der Waals surface area contributed by atoms with Crippen LogP contribution in [0.2, 0.25) is 0 Å². The molecular formula is C16H27N5O9S. The van der Waals surface area contributed by atoms with Gasteiger partial charge >= 0.3 is 11.9 Å². The summed E-state index contributed by atoms with van der Waals surface area (Å²) in [6.45, 7) is 1.26. The molecule has 0 aliphatic carbocycles. The molecular weight excluding hydrogens is 438 g/mol. The molecule has 0 fully saturated rings. The summed E-state index contributed by atoms with van der Waals surface area (Å²) in [5.74, 6) is -6.99. The number of hydrogen-bond acceptors (Lipinski definition) is 9. The van der Waals surface area contributed by atoms with Crippen LogP contribution in [-0.4, -0.2) is 86.9 Å². The summed E-state index contributed by atoms with van der Waals surface area (Å²) in [5, 5.41) is 33.7. The van der Waals surface area contributed by atoms with Crippen molar-refractivity contribution in [1.29, 1.82) is 0 Å². The van der Waals surface area contributed by atoms with E-state index in [2.05, 4.69) is 23.3 Å². The minimum Gasteiger partial charge on any atom is -0.481 e. The van der Waals surface area contributed by atoms with Gasteiger partial charge in [-0.2, -0.15) is 12.6 Å². The Morgan fingerprint density at radius 3 is 1.81 bits per heavy atom. The number of carbonyl (C=O) groups is 6. The van der Waals surface area contributed by atoms with Gasteiger partial charge in [0.1, 0.15) is 24.2 Å². The molecule has 5 unspecified atom stereocenters. The maximum Gasteiger partial charge on any atom is 0.326 e. The third-order valence-corrected chi connectivity index (χ3v) is 4.30. The molecule has 0 aromatic heterocycles. The molecule has 0 spiro atoms. The highest BCUT2D eigenvalue weighted by Crippen LogP contribution is 2.03. The fourth-order valence-corrected chi connectivity index (χ4v) is 2.42. The number of thiol groups is 1. The quantitative estimate of drug-likeness (QED) is 0.112. The minimum absolute atomic E-state index is 0.239. The van der Waals surface area contributed by atoms with E-state index in [1.807, 2.05) is 5.32 Å². The first-order valence-corrected chi connectivity index (χ1v) is 9.61. The molecule has 0 aromatic rings. The average molecular weight is 465 g/mol. The SMILES string of the molecule is CC(O)C(N)C(=O)NC(CS)C(=O)NC(CCC(=O)O)C(=O)NC(CC(N)=O)C(=O)O. The number of primary amides is 1. The predicted octanol–water partition coefficient (Wildman–Crippen LogP) is -4.10. The zero-order valence-corrected chi connectivity index (χ0v) is 17.5. The first-order valence-electron chi connectivity index (χ1n) is 8.98. The highest BCUT2D eigenvalue weighted by atomic mass is 32.1. The van der Waals surface area contributed by atoms with Crippen LogP contribution in [0.5, 0.6) is 0 Å². The van der Waals surface area contributed by atoms with E-state index in [0.29, 0.717) is 0 Å². The van der Waals surface area contributed by atoms with Gasteiger partial charge in [0, 0.05) is 12.2 Å². The van der Waals surface area contributed by atoms with Gasteiger partial charge in [-0.05, 0) is 13.3 Å². The molecule has 5 atom stereocenters. The number of hydrogen-bond donors (Lipinski definition) is 9. The number of carbonyl (C=O) groups excluding carboxylic acids is 4. The average Bonchev–Trinajstić information content (AvgIpc) is 2.66. The Morgan fingerprint density at radius 2 is 1.39 bits per heavy atom. The lowest BCUT2D eigenvalue weighted by atomic mass is 10.1. The van der Waals surface area contributed by atoms with E-state index in [9.17, 15) is 33.9 Å². The molecule has 0 bridgehead atoms. The summed E-state index contributed by atoms with van der Waals surface area (Å²) in [4.78, 5) is 69.8. The van der Waals surface area contributed by atoms with Crippen molar-refractivity contribution in [3.8, 4) is 0 Å². The van der Waals surface area contributed by atoms with Crippen LogP contribution >= 0.6 is 12.6 Å². The molecule has 0 aliphatic rings. The van der Waals surface area contributed by atoms with E-state index in [0.717, 1.165) is 0 Å². The highest BCUT2D eigenvalue weighted by Gasteiger charge is 2.31. The Morgan fingerprint density at radius 1 is 0.903 bits per heavy atom. The molecule has 0 aliphatic heterocycles. The van der Waals surface area contributed by atoms with Crippen LogP contribution in [0.15, 0.2) is 0 Å². The molecule has 14 nitrogen and oxygen atoms in total. The van der Waals surface area contributed by atoms with Crippen molar-refractivity contribution in [3.63, 3.8) is 0 Å². The number of rotatable bonds is 14. The van der Waals surface area contributed by atoms with Gasteiger partial charge in [0.05, 0.1) is 12.5 Å². The summed E-state index contributed by atoms with van der Waals surface area (Å²) < 4.78 is 0. The number of amides is 4. The normalized spacial score (nSPS) is 15.5. The molecule has 0 saturated heterocycles. The van der Waals surface area contributed by atoms with Gasteiger partial charge in [-0.15, -0.1) is 0 Å². The van der Waals surface area contributed by atoms with Crippen molar-refractivity contribution in [1.82, 2.24) is 16.0 Å². The number of nitrogens with two attached hydrogens (primary N) is 2. The fraction of sp³-hybridized carbons (Fsp3) is 0.625. The van der Waals surface area contributed by atoms with E-state index in [-0.39, 0.29) is 5.75 Å². The number of nitrogens with one attached hydrogen (secondary N) is 3. The molecule has 0 radical (unpaired) electrons. The van der Waals surface area contributed by atoms with Crippen LogP contribution < -0.4 is 27.4 Å². The van der Waals surface area contributed by atoms with Crippen molar-refractivity contribution in [2.24, 2.45) is 11.5 Å². The lowest BCUT2D eigenvalue weighted by Gasteiger charge is -2.24. The molecule has 15 heteroatoms. The molecule has 0 saturated carbocycles.